The van der Waals surface area contributed by atoms with E-state index in [1.165, 1.54) is 5.01 Å². The highest BCUT2D eigenvalue weighted by Gasteiger charge is 2.41. The lowest BCUT2D eigenvalue weighted by atomic mass is 9.81. The minimum atomic E-state index is -4.16. The van der Waals surface area contributed by atoms with E-state index < -0.39 is 24.1 Å². The predicted molar refractivity (Wildman–Crippen MR) is 166 cm³/mol. The van der Waals surface area contributed by atoms with Gasteiger partial charge in [0.15, 0.2) is 5.65 Å². The summed E-state index contributed by atoms with van der Waals surface area (Å²) in [6.07, 6.45) is 2.79. The number of imidazole rings is 1. The number of likely N-dealkylation sites (N-methyl/N-ethyl adjacent to an activating group) is 1. The molecule has 2 atom stereocenters. The van der Waals surface area contributed by atoms with Gasteiger partial charge in [-0.1, -0.05) is 12.1 Å². The van der Waals surface area contributed by atoms with Crippen molar-refractivity contribution >= 4 is 24.2 Å². The van der Waals surface area contributed by atoms with Crippen molar-refractivity contribution in [2.24, 2.45) is 16.9 Å². The van der Waals surface area contributed by atoms with Gasteiger partial charge in [0.1, 0.15) is 5.70 Å². The summed E-state index contributed by atoms with van der Waals surface area (Å²) in [7, 11) is 0. The highest BCUT2D eigenvalue weighted by atomic mass is 19.4. The number of carbonyl (C=O) groups is 2. The van der Waals surface area contributed by atoms with E-state index in [4.69, 9.17) is 4.98 Å². The van der Waals surface area contributed by atoms with Crippen LogP contribution < -0.4 is 10.6 Å². The molecule has 4 heterocycles. The van der Waals surface area contributed by atoms with E-state index in [0.29, 0.717) is 23.6 Å². The third-order valence-corrected chi connectivity index (χ3v) is 8.45. The zero-order chi connectivity index (χ0) is 34.4. The smallest absolute Gasteiger partial charge is 0.355 e. The van der Waals surface area contributed by atoms with Crippen LogP contribution in [0, 0.1) is 18.8 Å². The summed E-state index contributed by atoms with van der Waals surface area (Å²) in [5, 5.41) is 15.3. The molecular formula is C32H39F5N8O2. The number of nitrogens with zero attached hydrogens (tertiary/aromatic N) is 6. The molecule has 1 aliphatic heterocycles. The summed E-state index contributed by atoms with van der Waals surface area (Å²) in [4.78, 5) is 32.7. The molecule has 0 spiro atoms. The van der Waals surface area contributed by atoms with E-state index in [2.05, 4.69) is 32.5 Å². The van der Waals surface area contributed by atoms with Gasteiger partial charge >= 0.3 is 6.18 Å². The Balaban J connectivity index is 0.000000385. The van der Waals surface area contributed by atoms with Gasteiger partial charge in [0.2, 0.25) is 11.8 Å². The minimum Gasteiger partial charge on any atom is -0.355 e. The van der Waals surface area contributed by atoms with E-state index in [9.17, 15) is 31.5 Å². The molecule has 15 heteroatoms. The van der Waals surface area contributed by atoms with Crippen molar-refractivity contribution < 1.29 is 31.5 Å². The lowest BCUT2D eigenvalue weighted by Gasteiger charge is -2.34. The minimum absolute atomic E-state index is 0.00975. The van der Waals surface area contributed by atoms with Gasteiger partial charge < -0.3 is 10.6 Å². The molecule has 1 saturated carbocycles. The van der Waals surface area contributed by atoms with Crippen molar-refractivity contribution in [3.63, 3.8) is 0 Å². The Morgan fingerprint density at radius 2 is 2.02 bits per heavy atom. The molecule has 1 aliphatic carbocycles. The summed E-state index contributed by atoms with van der Waals surface area (Å²) < 4.78 is 65.3. The number of hydrogen-bond acceptors (Lipinski definition) is 7. The molecule has 0 aromatic carbocycles. The highest BCUT2D eigenvalue weighted by molar-refractivity contribution is 5.93. The molecule has 2 aliphatic rings. The SMILES string of the molecule is C=NN(CC)/C(=C\C)C(=O)NC(c1cn2nc(C)c(-c3cccnc3)cc2n1)C1CCC(F)(F)CC1.O=C1CCC(C(F)(F)F)CN1. The molecule has 2 amide bonds. The van der Waals surface area contributed by atoms with Gasteiger partial charge in [-0.2, -0.15) is 23.4 Å². The lowest BCUT2D eigenvalue weighted by molar-refractivity contribution is -0.179. The molecule has 2 fully saturated rings. The van der Waals surface area contributed by atoms with Crippen LogP contribution in [0.3, 0.4) is 0 Å². The Morgan fingerprint density at radius 3 is 2.57 bits per heavy atom. The van der Waals surface area contributed by atoms with Crippen LogP contribution in [0.1, 0.15) is 69.8 Å². The number of carbonyl (C=O) groups excluding carboxylic acids is 2. The Hall–Kier alpha value is -4.43. The summed E-state index contributed by atoms with van der Waals surface area (Å²) in [6, 6.07) is 5.18. The largest absolute Gasteiger partial charge is 0.393 e. The van der Waals surface area contributed by atoms with Crippen LogP contribution in [0.5, 0.6) is 0 Å². The van der Waals surface area contributed by atoms with Crippen molar-refractivity contribution in [2.45, 2.75) is 77.4 Å². The molecule has 10 nitrogen and oxygen atoms in total. The summed E-state index contributed by atoms with van der Waals surface area (Å²) in [6.45, 7) is 9.26. The molecular weight excluding hydrogens is 623 g/mol. The first kappa shape index (κ1) is 35.4. The lowest BCUT2D eigenvalue weighted by Crippen LogP contribution is -2.41. The van der Waals surface area contributed by atoms with Crippen molar-refractivity contribution in [3.05, 3.63) is 60.0 Å². The van der Waals surface area contributed by atoms with Crippen LogP contribution in [0.4, 0.5) is 22.0 Å². The molecule has 1 saturated heterocycles. The van der Waals surface area contributed by atoms with Gasteiger partial charge in [-0.15, -0.1) is 0 Å². The van der Waals surface area contributed by atoms with Crippen molar-refractivity contribution in [1.29, 1.82) is 0 Å². The monoisotopic (exact) mass is 662 g/mol. The Labute approximate surface area is 269 Å². The zero-order valence-corrected chi connectivity index (χ0v) is 26.5. The van der Waals surface area contributed by atoms with Crippen LogP contribution >= 0.6 is 0 Å². The van der Waals surface area contributed by atoms with Crippen molar-refractivity contribution in [2.75, 3.05) is 13.1 Å². The highest BCUT2D eigenvalue weighted by Crippen LogP contribution is 2.41. The second-order valence-corrected chi connectivity index (χ2v) is 11.6. The molecule has 254 valence electrons. The van der Waals surface area contributed by atoms with E-state index in [1.807, 2.05) is 32.0 Å². The predicted octanol–water partition coefficient (Wildman–Crippen LogP) is 6.00. The second kappa shape index (κ2) is 15.0. The molecule has 0 bridgehead atoms. The first-order chi connectivity index (χ1) is 22.3. The number of hydrazone groups is 1. The third kappa shape index (κ3) is 8.89. The summed E-state index contributed by atoms with van der Waals surface area (Å²) >= 11 is 0. The van der Waals surface area contributed by atoms with E-state index in [0.717, 1.165) is 16.8 Å². The van der Waals surface area contributed by atoms with Gasteiger partial charge in [0, 0.05) is 62.6 Å². The molecule has 0 radical (unpaired) electrons. The van der Waals surface area contributed by atoms with Gasteiger partial charge in [0.25, 0.3) is 5.91 Å². The number of aryl methyl sites for hydroxylation is 1. The van der Waals surface area contributed by atoms with Crippen molar-refractivity contribution in [3.8, 4) is 11.1 Å². The molecule has 5 rings (SSSR count). The van der Waals surface area contributed by atoms with Crippen molar-refractivity contribution in [1.82, 2.24) is 35.2 Å². The number of pyridine rings is 1. The average Bonchev–Trinajstić information content (AvgIpc) is 3.45. The van der Waals surface area contributed by atoms with Gasteiger partial charge in [0.05, 0.1) is 29.5 Å². The number of rotatable bonds is 8. The fourth-order valence-electron chi connectivity index (χ4n) is 5.80. The number of allylic oxidation sites excluding steroid dienone is 1. The number of halogens is 5. The Morgan fingerprint density at radius 1 is 1.30 bits per heavy atom. The summed E-state index contributed by atoms with van der Waals surface area (Å²) in [5.41, 5.74) is 4.14. The molecule has 3 aromatic heterocycles. The fourth-order valence-corrected chi connectivity index (χ4v) is 5.80. The number of nitrogens with one attached hydrogen (secondary N) is 2. The molecule has 47 heavy (non-hydrogen) atoms. The Bertz CT molecular complexity index is 1570. The number of fused-ring (bicyclic) bond motifs is 1. The summed E-state index contributed by atoms with van der Waals surface area (Å²) in [5.74, 6) is -4.86. The van der Waals surface area contributed by atoms with Gasteiger partial charge in [-0.05, 0) is 58.1 Å². The van der Waals surface area contributed by atoms with Crippen LogP contribution in [0.2, 0.25) is 0 Å². The van der Waals surface area contributed by atoms with Gasteiger partial charge in [-0.25, -0.2) is 18.3 Å². The van der Waals surface area contributed by atoms with Crippen LogP contribution in [0.15, 0.2) is 53.7 Å². The Kier molecular flexibility index (Phi) is 11.3. The third-order valence-electron chi connectivity index (χ3n) is 8.45. The van der Waals surface area contributed by atoms with Crippen LogP contribution in [-0.2, 0) is 9.59 Å². The number of alkyl halides is 5. The standard InChI is InChI=1S/C26H31F2N7O.C6H8F3NO/c1-5-22(34(6-2)29-4)25(36)32-24(18-9-11-26(27,28)12-10-18)21-16-35-23(31-21)14-20(17(3)33-35)19-8-7-13-30-15-19;7-6(8,9)4-1-2-5(11)10-3-4/h5,7-8,13-16,18,24H,4,6,9-12H2,1-3H3,(H,32,36);4H,1-3H2,(H,10,11)/b22-5-;. The topological polar surface area (TPSA) is 117 Å². The van der Waals surface area contributed by atoms with E-state index in [-0.39, 0.29) is 62.8 Å². The van der Waals surface area contributed by atoms with Crippen LogP contribution in [-0.4, -0.2) is 68.3 Å². The van der Waals surface area contributed by atoms with E-state index in [1.54, 1.807) is 36.1 Å². The van der Waals surface area contributed by atoms with Gasteiger partial charge in [-0.3, -0.25) is 19.6 Å². The zero-order valence-electron chi connectivity index (χ0n) is 26.5. The van der Waals surface area contributed by atoms with Crippen LogP contribution in [0.25, 0.3) is 16.8 Å². The number of hydrogen-bond donors (Lipinski definition) is 2. The number of aromatic nitrogens is 4. The molecule has 3 aromatic rings. The maximum absolute atomic E-state index is 13.9. The maximum atomic E-state index is 13.9. The maximum Gasteiger partial charge on any atom is 0.393 e. The first-order valence-corrected chi connectivity index (χ1v) is 15.5. The second-order valence-electron chi connectivity index (χ2n) is 11.6. The number of amides is 2. The quantitative estimate of drug-likeness (QED) is 0.132. The first-order valence-electron chi connectivity index (χ1n) is 15.5. The number of piperidine rings is 1. The normalized spacial score (nSPS) is 19.3. The fraction of sp³-hybridized carbons (Fsp3) is 0.500. The van der Waals surface area contributed by atoms with E-state index >= 15 is 0 Å². The molecule has 2 N–H and O–H groups in total. The average molecular weight is 663 g/mol. The molecule has 2 unspecified atom stereocenters.